The molecular formula is C13H11BrN2O2. The second kappa shape index (κ2) is 5.64. The van der Waals surface area contributed by atoms with Crippen LogP contribution in [-0.4, -0.2) is 11.0 Å². The Morgan fingerprint density at radius 3 is 2.56 bits per heavy atom. The fourth-order valence-corrected chi connectivity index (χ4v) is 1.59. The normalized spacial score (nSPS) is 10.1. The van der Waals surface area contributed by atoms with Crippen LogP contribution in [0.5, 0.6) is 0 Å². The van der Waals surface area contributed by atoms with Crippen LogP contribution in [0.2, 0.25) is 0 Å². The number of carbonyl (C=O) groups excluding carboxylic acids is 1. The Hall–Kier alpha value is -1.88. The highest BCUT2D eigenvalue weighted by Crippen LogP contribution is 2.12. The predicted octanol–water partition coefficient (Wildman–Crippen LogP) is 2.78. The molecule has 0 unspecified atom stereocenters. The van der Waals surface area contributed by atoms with E-state index in [1.807, 2.05) is 24.3 Å². The number of rotatable bonds is 3. The van der Waals surface area contributed by atoms with Gasteiger partial charge in [-0.25, -0.2) is 9.78 Å². The predicted molar refractivity (Wildman–Crippen MR) is 71.9 cm³/mol. The number of ether oxygens (including phenoxy) is 1. The summed E-state index contributed by atoms with van der Waals surface area (Å²) < 4.78 is 6.12. The molecule has 1 aromatic carbocycles. The Balaban J connectivity index is 1.96. The van der Waals surface area contributed by atoms with E-state index in [9.17, 15) is 4.79 Å². The van der Waals surface area contributed by atoms with E-state index in [0.29, 0.717) is 5.69 Å². The van der Waals surface area contributed by atoms with Crippen LogP contribution >= 0.6 is 15.9 Å². The van der Waals surface area contributed by atoms with Gasteiger partial charge in [0.1, 0.15) is 12.3 Å². The number of esters is 1. The van der Waals surface area contributed by atoms with Crippen molar-refractivity contribution in [2.24, 2.45) is 0 Å². The highest BCUT2D eigenvalue weighted by Gasteiger charge is 2.08. The first-order valence-corrected chi connectivity index (χ1v) is 6.07. The molecule has 2 N–H and O–H groups in total. The highest BCUT2D eigenvalue weighted by molar-refractivity contribution is 9.10. The van der Waals surface area contributed by atoms with Crippen LogP contribution in [0.1, 0.15) is 16.1 Å². The molecular weight excluding hydrogens is 296 g/mol. The lowest BCUT2D eigenvalue weighted by atomic mass is 10.2. The molecule has 0 atom stereocenters. The van der Waals surface area contributed by atoms with Crippen molar-refractivity contribution in [2.45, 2.75) is 6.61 Å². The van der Waals surface area contributed by atoms with Crippen molar-refractivity contribution in [1.82, 2.24) is 4.98 Å². The average Bonchev–Trinajstić information content (AvgIpc) is 2.38. The summed E-state index contributed by atoms with van der Waals surface area (Å²) in [6.45, 7) is 0.220. The number of nitrogens with zero attached hydrogens (tertiary/aromatic N) is 1. The van der Waals surface area contributed by atoms with Crippen molar-refractivity contribution in [3.63, 3.8) is 0 Å². The molecule has 1 heterocycles. The second-order valence-electron chi connectivity index (χ2n) is 3.68. The molecule has 2 rings (SSSR count). The van der Waals surface area contributed by atoms with Crippen molar-refractivity contribution in [3.8, 4) is 0 Å². The molecule has 0 amide bonds. The molecule has 0 aliphatic heterocycles. The Kier molecular flexibility index (Phi) is 3.94. The van der Waals surface area contributed by atoms with Crippen LogP contribution in [0.3, 0.4) is 0 Å². The van der Waals surface area contributed by atoms with Crippen LogP contribution in [0, 0.1) is 0 Å². The lowest BCUT2D eigenvalue weighted by Gasteiger charge is -2.04. The summed E-state index contributed by atoms with van der Waals surface area (Å²) in [4.78, 5) is 15.6. The molecule has 92 valence electrons. The van der Waals surface area contributed by atoms with Gasteiger partial charge in [-0.05, 0) is 29.8 Å². The number of pyridine rings is 1. The first-order valence-electron chi connectivity index (χ1n) is 5.28. The van der Waals surface area contributed by atoms with Gasteiger partial charge in [0.25, 0.3) is 0 Å². The molecule has 0 saturated heterocycles. The topological polar surface area (TPSA) is 65.2 Å². The molecule has 0 fully saturated rings. The molecule has 0 aliphatic rings. The summed E-state index contributed by atoms with van der Waals surface area (Å²) in [5, 5.41) is 0. The molecule has 0 aliphatic carbocycles. The monoisotopic (exact) mass is 306 g/mol. The third-order valence-electron chi connectivity index (χ3n) is 2.28. The maximum atomic E-state index is 11.7. The van der Waals surface area contributed by atoms with Gasteiger partial charge in [-0.3, -0.25) is 0 Å². The van der Waals surface area contributed by atoms with E-state index in [-0.39, 0.29) is 12.3 Å². The van der Waals surface area contributed by atoms with E-state index < -0.39 is 5.97 Å². The highest BCUT2D eigenvalue weighted by atomic mass is 79.9. The zero-order valence-electron chi connectivity index (χ0n) is 9.47. The third-order valence-corrected chi connectivity index (χ3v) is 2.81. The summed E-state index contributed by atoms with van der Waals surface area (Å²) in [6.07, 6.45) is 1.43. The smallest absolute Gasteiger partial charge is 0.357 e. The molecule has 0 saturated carbocycles. The number of halogens is 1. The van der Waals surface area contributed by atoms with Gasteiger partial charge in [-0.15, -0.1) is 0 Å². The quantitative estimate of drug-likeness (QED) is 0.886. The van der Waals surface area contributed by atoms with Crippen LogP contribution < -0.4 is 5.73 Å². The molecule has 1 aromatic heterocycles. The van der Waals surface area contributed by atoms with Gasteiger partial charge in [-0.1, -0.05) is 28.1 Å². The van der Waals surface area contributed by atoms with E-state index in [0.717, 1.165) is 10.0 Å². The van der Waals surface area contributed by atoms with Crippen molar-refractivity contribution in [3.05, 3.63) is 58.3 Å². The summed E-state index contributed by atoms with van der Waals surface area (Å²) in [5.74, 6) is -0.460. The summed E-state index contributed by atoms with van der Waals surface area (Å²) >= 11 is 3.34. The van der Waals surface area contributed by atoms with Gasteiger partial charge in [0.05, 0.1) is 11.9 Å². The molecule has 0 bridgehead atoms. The minimum absolute atomic E-state index is 0.220. The van der Waals surface area contributed by atoms with Crippen LogP contribution in [-0.2, 0) is 11.3 Å². The van der Waals surface area contributed by atoms with Gasteiger partial charge in [-0.2, -0.15) is 0 Å². The summed E-state index contributed by atoms with van der Waals surface area (Å²) in [7, 11) is 0. The van der Waals surface area contributed by atoms with Crippen molar-refractivity contribution in [1.29, 1.82) is 0 Å². The fraction of sp³-hybridized carbons (Fsp3) is 0.0769. The van der Waals surface area contributed by atoms with Gasteiger partial charge in [0.15, 0.2) is 0 Å². The maximum absolute atomic E-state index is 11.7. The molecule has 0 radical (unpaired) electrons. The van der Waals surface area contributed by atoms with E-state index >= 15 is 0 Å². The maximum Gasteiger partial charge on any atom is 0.357 e. The fourth-order valence-electron chi connectivity index (χ4n) is 1.33. The zero-order chi connectivity index (χ0) is 13.0. The van der Waals surface area contributed by atoms with Crippen LogP contribution in [0.4, 0.5) is 5.69 Å². The Morgan fingerprint density at radius 2 is 1.94 bits per heavy atom. The van der Waals surface area contributed by atoms with Gasteiger partial charge in [0, 0.05) is 4.47 Å². The van der Waals surface area contributed by atoms with Gasteiger partial charge < -0.3 is 10.5 Å². The molecule has 0 spiro atoms. The first-order chi connectivity index (χ1) is 8.65. The van der Waals surface area contributed by atoms with Crippen LogP contribution in [0.25, 0.3) is 0 Å². The van der Waals surface area contributed by atoms with Gasteiger partial charge >= 0.3 is 5.97 Å². The van der Waals surface area contributed by atoms with Crippen molar-refractivity contribution >= 4 is 27.6 Å². The number of anilines is 1. The van der Waals surface area contributed by atoms with E-state index in [4.69, 9.17) is 10.5 Å². The Morgan fingerprint density at radius 1 is 1.22 bits per heavy atom. The average molecular weight is 307 g/mol. The zero-order valence-corrected chi connectivity index (χ0v) is 11.1. The number of aromatic nitrogens is 1. The van der Waals surface area contributed by atoms with Gasteiger partial charge in [0.2, 0.25) is 0 Å². The molecule has 18 heavy (non-hydrogen) atoms. The number of carbonyl (C=O) groups is 1. The van der Waals surface area contributed by atoms with Crippen molar-refractivity contribution in [2.75, 3.05) is 5.73 Å². The lowest BCUT2D eigenvalue weighted by Crippen LogP contribution is -2.07. The number of nitrogens with two attached hydrogens (primary N) is 1. The molecule has 2 aromatic rings. The van der Waals surface area contributed by atoms with E-state index in [2.05, 4.69) is 20.9 Å². The number of benzene rings is 1. The number of nitrogen functional groups attached to an aromatic ring is 1. The minimum atomic E-state index is -0.460. The largest absolute Gasteiger partial charge is 0.456 e. The Bertz CT molecular complexity index is 538. The molecule has 4 nitrogen and oxygen atoms in total. The second-order valence-corrected chi connectivity index (χ2v) is 4.60. The van der Waals surface area contributed by atoms with E-state index in [1.165, 1.54) is 6.20 Å². The minimum Gasteiger partial charge on any atom is -0.456 e. The third kappa shape index (κ3) is 3.30. The van der Waals surface area contributed by atoms with Crippen LogP contribution in [0.15, 0.2) is 47.1 Å². The molecule has 5 heteroatoms. The lowest BCUT2D eigenvalue weighted by molar-refractivity contribution is 0.0466. The number of hydrogen-bond donors (Lipinski definition) is 1. The first kappa shape index (κ1) is 12.6. The van der Waals surface area contributed by atoms with Crippen molar-refractivity contribution < 1.29 is 9.53 Å². The summed E-state index contributed by atoms with van der Waals surface area (Å²) in [6, 6.07) is 10.7. The Labute approximate surface area is 113 Å². The summed E-state index contributed by atoms with van der Waals surface area (Å²) in [5.41, 5.74) is 7.17. The number of hydrogen-bond acceptors (Lipinski definition) is 4. The van der Waals surface area contributed by atoms with E-state index in [1.54, 1.807) is 12.1 Å². The standard InChI is InChI=1S/C13H11BrN2O2/c14-10-3-1-9(2-4-10)8-18-13(17)12-6-5-11(15)7-16-12/h1-7H,8,15H2. The SMILES string of the molecule is Nc1ccc(C(=O)OCc2ccc(Br)cc2)nc1.